The van der Waals surface area contributed by atoms with Gasteiger partial charge in [-0.15, -0.1) is 0 Å². The lowest BCUT2D eigenvalue weighted by Gasteiger charge is -2.17. The summed E-state index contributed by atoms with van der Waals surface area (Å²) >= 11 is 0. The van der Waals surface area contributed by atoms with Crippen molar-refractivity contribution >= 4 is 38.1 Å². The van der Waals surface area contributed by atoms with Crippen molar-refractivity contribution in [3.05, 3.63) is 125 Å². The number of para-hydroxylation sites is 1. The number of fused-ring (bicyclic) bond motifs is 16. The van der Waals surface area contributed by atoms with Gasteiger partial charge in [0.2, 0.25) is 0 Å². The Bertz CT molecular complexity index is 2050. The van der Waals surface area contributed by atoms with Crippen molar-refractivity contribution in [1.29, 1.82) is 0 Å². The fourth-order valence-corrected chi connectivity index (χ4v) is 6.96. The van der Waals surface area contributed by atoms with Gasteiger partial charge in [0.1, 0.15) is 0 Å². The van der Waals surface area contributed by atoms with E-state index in [1.54, 1.807) is 0 Å². The molecule has 0 radical (unpaired) electrons. The molecule has 7 aromatic rings. The topological polar surface area (TPSA) is 4.41 Å². The van der Waals surface area contributed by atoms with E-state index in [-0.39, 0.29) is 0 Å². The number of aromatic nitrogens is 1. The standard InChI is InChI=1S/C34H21N/c1-4-10-24-21(8-1)18-29-26(24)15-16-27-28-14-13-23-17-20-7-2-5-11-25(20)32(23)34(28)35-30-12-6-3-9-22(30)19-31(35)33(27)29/h1-16,19H,17-18H2. The summed E-state index contributed by atoms with van der Waals surface area (Å²) < 4.78 is 2.57. The van der Waals surface area contributed by atoms with Crippen LogP contribution in [0.25, 0.3) is 60.3 Å². The van der Waals surface area contributed by atoms with Crippen LogP contribution >= 0.6 is 0 Å². The normalized spacial score (nSPS) is 13.5. The van der Waals surface area contributed by atoms with Crippen LogP contribution in [0.2, 0.25) is 0 Å². The highest BCUT2D eigenvalue weighted by molar-refractivity contribution is 6.21. The van der Waals surface area contributed by atoms with Gasteiger partial charge in [0, 0.05) is 21.7 Å². The maximum atomic E-state index is 2.57. The molecule has 1 heteroatoms. The molecular formula is C34H21N. The lowest BCUT2D eigenvalue weighted by Crippen LogP contribution is -1.97. The first kappa shape index (κ1) is 18.0. The summed E-state index contributed by atoms with van der Waals surface area (Å²) in [6, 6.07) is 38.6. The molecule has 2 aliphatic rings. The van der Waals surface area contributed by atoms with Crippen LogP contribution in [-0.4, -0.2) is 4.40 Å². The highest BCUT2D eigenvalue weighted by atomic mass is 14.9. The van der Waals surface area contributed by atoms with Crippen molar-refractivity contribution in [1.82, 2.24) is 4.40 Å². The molecule has 0 aliphatic heterocycles. The minimum atomic E-state index is 0.999. The van der Waals surface area contributed by atoms with Gasteiger partial charge < -0.3 is 4.40 Å². The van der Waals surface area contributed by atoms with Crippen LogP contribution < -0.4 is 0 Å². The molecule has 5 aromatic carbocycles. The lowest BCUT2D eigenvalue weighted by atomic mass is 9.93. The van der Waals surface area contributed by atoms with Gasteiger partial charge in [-0.1, -0.05) is 91.0 Å². The maximum Gasteiger partial charge on any atom is 0.0622 e. The van der Waals surface area contributed by atoms with Gasteiger partial charge in [-0.2, -0.15) is 0 Å². The molecule has 35 heavy (non-hydrogen) atoms. The molecule has 0 saturated carbocycles. The Balaban J connectivity index is 1.56. The highest BCUT2D eigenvalue weighted by Gasteiger charge is 2.27. The van der Waals surface area contributed by atoms with E-state index in [0.717, 1.165) is 12.8 Å². The average molecular weight is 444 g/mol. The van der Waals surface area contributed by atoms with E-state index in [1.165, 1.54) is 82.6 Å². The Morgan fingerprint density at radius 1 is 0.514 bits per heavy atom. The predicted octanol–water partition coefficient (Wildman–Crippen LogP) is 8.54. The second kappa shape index (κ2) is 6.20. The van der Waals surface area contributed by atoms with Crippen LogP contribution in [0.1, 0.15) is 22.3 Å². The predicted molar refractivity (Wildman–Crippen MR) is 146 cm³/mol. The number of nitrogens with zero attached hydrogens (tertiary/aromatic N) is 1. The molecule has 0 amide bonds. The summed E-state index contributed by atoms with van der Waals surface area (Å²) in [5.74, 6) is 0. The molecule has 162 valence electrons. The number of benzene rings is 5. The van der Waals surface area contributed by atoms with Crippen LogP contribution in [0.4, 0.5) is 0 Å². The second-order valence-corrected chi connectivity index (χ2v) is 10.1. The second-order valence-electron chi connectivity index (χ2n) is 10.1. The zero-order valence-corrected chi connectivity index (χ0v) is 19.2. The van der Waals surface area contributed by atoms with E-state index in [0.29, 0.717) is 0 Å². The fourth-order valence-electron chi connectivity index (χ4n) is 6.96. The van der Waals surface area contributed by atoms with Crippen LogP contribution in [-0.2, 0) is 12.8 Å². The third-order valence-corrected chi connectivity index (χ3v) is 8.40. The first-order valence-corrected chi connectivity index (χ1v) is 12.5. The third kappa shape index (κ3) is 2.15. The number of hydrogen-bond acceptors (Lipinski definition) is 0. The van der Waals surface area contributed by atoms with Crippen molar-refractivity contribution < 1.29 is 0 Å². The zero-order chi connectivity index (χ0) is 22.7. The smallest absolute Gasteiger partial charge is 0.0622 e. The largest absolute Gasteiger partial charge is 0.308 e. The van der Waals surface area contributed by atoms with E-state index in [4.69, 9.17) is 0 Å². The summed E-state index contributed by atoms with van der Waals surface area (Å²) in [6.45, 7) is 0. The lowest BCUT2D eigenvalue weighted by molar-refractivity contribution is 1.26. The Labute approximate surface area is 202 Å². The SMILES string of the molecule is c1ccc2c(c1)Cc1c-2ccc2c3ccc4c(c3n3c5ccccc5cc3c12)-c1ccccc1C4. The molecule has 0 fully saturated rings. The summed E-state index contributed by atoms with van der Waals surface area (Å²) in [5, 5.41) is 5.43. The van der Waals surface area contributed by atoms with Crippen molar-refractivity contribution in [2.75, 3.05) is 0 Å². The number of rotatable bonds is 0. The molecule has 0 saturated heterocycles. The average Bonchev–Trinajstić information content (AvgIpc) is 3.59. The molecule has 0 unspecified atom stereocenters. The van der Waals surface area contributed by atoms with Gasteiger partial charge in [-0.3, -0.25) is 0 Å². The zero-order valence-electron chi connectivity index (χ0n) is 19.2. The summed E-state index contributed by atoms with van der Waals surface area (Å²) in [5.41, 5.74) is 15.3. The molecule has 0 atom stereocenters. The minimum absolute atomic E-state index is 0.999. The number of hydrogen-bond donors (Lipinski definition) is 0. The van der Waals surface area contributed by atoms with E-state index >= 15 is 0 Å². The summed E-state index contributed by atoms with van der Waals surface area (Å²) in [4.78, 5) is 0. The quantitative estimate of drug-likeness (QED) is 0.207. The van der Waals surface area contributed by atoms with Crippen LogP contribution in [0.5, 0.6) is 0 Å². The fraction of sp³-hybridized carbons (Fsp3) is 0.0588. The van der Waals surface area contributed by atoms with Crippen molar-refractivity contribution in [3.63, 3.8) is 0 Å². The van der Waals surface area contributed by atoms with E-state index in [1.807, 2.05) is 0 Å². The van der Waals surface area contributed by atoms with Crippen LogP contribution in [0.15, 0.2) is 103 Å². The summed E-state index contributed by atoms with van der Waals surface area (Å²) in [7, 11) is 0. The highest BCUT2D eigenvalue weighted by Crippen LogP contribution is 2.48. The van der Waals surface area contributed by atoms with Gasteiger partial charge in [-0.05, 0) is 69.3 Å². The van der Waals surface area contributed by atoms with Gasteiger partial charge in [0.05, 0.1) is 16.6 Å². The first-order chi connectivity index (χ1) is 17.4. The molecule has 9 rings (SSSR count). The molecule has 0 bridgehead atoms. The molecule has 0 spiro atoms. The first-order valence-electron chi connectivity index (χ1n) is 12.5. The molecule has 2 aliphatic carbocycles. The van der Waals surface area contributed by atoms with Crippen LogP contribution in [0.3, 0.4) is 0 Å². The third-order valence-electron chi connectivity index (χ3n) is 8.40. The molecule has 0 N–H and O–H groups in total. The monoisotopic (exact) mass is 443 g/mol. The van der Waals surface area contributed by atoms with Crippen LogP contribution in [0, 0.1) is 0 Å². The van der Waals surface area contributed by atoms with E-state index in [9.17, 15) is 0 Å². The Kier molecular flexibility index (Phi) is 3.19. The van der Waals surface area contributed by atoms with Gasteiger partial charge in [0.25, 0.3) is 0 Å². The van der Waals surface area contributed by atoms with Gasteiger partial charge >= 0.3 is 0 Å². The van der Waals surface area contributed by atoms with E-state index in [2.05, 4.69) is 108 Å². The Hall–Kier alpha value is -4.36. The van der Waals surface area contributed by atoms with Crippen molar-refractivity contribution in [2.24, 2.45) is 0 Å². The Morgan fingerprint density at radius 2 is 1.26 bits per heavy atom. The number of pyridine rings is 1. The maximum absolute atomic E-state index is 2.57. The van der Waals surface area contributed by atoms with Crippen molar-refractivity contribution in [3.8, 4) is 22.3 Å². The molecule has 2 heterocycles. The minimum Gasteiger partial charge on any atom is -0.308 e. The summed E-state index contributed by atoms with van der Waals surface area (Å²) in [6.07, 6.45) is 2.01. The molecule has 2 aromatic heterocycles. The molecule has 1 nitrogen and oxygen atoms in total. The van der Waals surface area contributed by atoms with E-state index < -0.39 is 0 Å². The van der Waals surface area contributed by atoms with Crippen molar-refractivity contribution in [2.45, 2.75) is 12.8 Å². The molecular weight excluding hydrogens is 422 g/mol. The van der Waals surface area contributed by atoms with Gasteiger partial charge in [0.15, 0.2) is 0 Å². The Morgan fingerprint density at radius 3 is 2.17 bits per heavy atom. The van der Waals surface area contributed by atoms with Gasteiger partial charge in [-0.25, -0.2) is 0 Å².